The lowest BCUT2D eigenvalue weighted by molar-refractivity contribution is -0.117. The fourth-order valence-electron chi connectivity index (χ4n) is 3.46. The van der Waals surface area contributed by atoms with E-state index in [1.54, 1.807) is 54.0 Å². The van der Waals surface area contributed by atoms with E-state index in [4.69, 9.17) is 21.1 Å². The third kappa shape index (κ3) is 3.64. The Morgan fingerprint density at radius 3 is 2.45 bits per heavy atom. The molecule has 0 saturated heterocycles. The number of aromatic nitrogens is 1. The van der Waals surface area contributed by atoms with Crippen molar-refractivity contribution >= 4 is 39.8 Å². The van der Waals surface area contributed by atoms with E-state index >= 15 is 0 Å². The lowest BCUT2D eigenvalue weighted by atomic mass is 9.92. The van der Waals surface area contributed by atoms with E-state index in [0.717, 1.165) is 0 Å². The summed E-state index contributed by atoms with van der Waals surface area (Å²) in [5.74, 6) is -0.880. The van der Waals surface area contributed by atoms with Gasteiger partial charge in [-0.1, -0.05) is 17.7 Å². The van der Waals surface area contributed by atoms with Crippen LogP contribution >= 0.6 is 22.9 Å². The van der Waals surface area contributed by atoms with Crippen molar-refractivity contribution in [1.82, 2.24) is 4.98 Å². The number of ether oxygens (including phenoxy) is 2. The number of rotatable bonds is 6. The van der Waals surface area contributed by atoms with Gasteiger partial charge < -0.3 is 14.6 Å². The van der Waals surface area contributed by atoms with E-state index in [2.05, 4.69) is 4.98 Å². The van der Waals surface area contributed by atoms with Crippen molar-refractivity contribution in [2.24, 2.45) is 0 Å². The van der Waals surface area contributed by atoms with Gasteiger partial charge in [-0.25, -0.2) is 4.98 Å². The van der Waals surface area contributed by atoms with Crippen LogP contribution in [0.15, 0.2) is 65.4 Å². The molecular weight excluding hydrogens is 440 g/mol. The average Bonchev–Trinajstić information content (AvgIpc) is 3.40. The standard InChI is InChI=1S/C22H17ClN2O5S/c1-29-15-8-5-13(11-16(15)30-2)18-17(19(26)12-3-6-14(23)7-4-12)20(27)21(28)25(18)22-24-9-10-31-22/h3-11,18,27H,1-2H3. The first-order valence-electron chi connectivity index (χ1n) is 9.14. The summed E-state index contributed by atoms with van der Waals surface area (Å²) >= 11 is 7.16. The summed E-state index contributed by atoms with van der Waals surface area (Å²) in [6, 6.07) is 10.4. The number of hydrogen-bond donors (Lipinski definition) is 1. The number of Topliss-reactive ketones (excluding diaryl/α,β-unsaturated/α-hetero) is 1. The maximum absolute atomic E-state index is 13.4. The Kier molecular flexibility index (Phi) is 5.67. The van der Waals surface area contributed by atoms with Crippen molar-refractivity contribution in [3.8, 4) is 11.5 Å². The van der Waals surface area contributed by atoms with E-state index in [0.29, 0.717) is 32.8 Å². The van der Waals surface area contributed by atoms with Gasteiger partial charge in [0.1, 0.15) is 0 Å². The quantitative estimate of drug-likeness (QED) is 0.545. The van der Waals surface area contributed by atoms with Gasteiger partial charge in [0.15, 0.2) is 28.2 Å². The molecule has 1 aliphatic heterocycles. The molecule has 3 aromatic rings. The first-order valence-corrected chi connectivity index (χ1v) is 10.4. The largest absolute Gasteiger partial charge is 0.503 e. The minimum Gasteiger partial charge on any atom is -0.503 e. The molecule has 2 heterocycles. The highest BCUT2D eigenvalue weighted by atomic mass is 35.5. The zero-order chi connectivity index (χ0) is 22.1. The number of methoxy groups -OCH3 is 2. The highest BCUT2D eigenvalue weighted by molar-refractivity contribution is 7.13. The van der Waals surface area contributed by atoms with Gasteiger partial charge >= 0.3 is 0 Å². The monoisotopic (exact) mass is 456 g/mol. The predicted octanol–water partition coefficient (Wildman–Crippen LogP) is 4.60. The number of anilines is 1. The molecule has 9 heteroatoms. The third-order valence-electron chi connectivity index (χ3n) is 4.91. The third-order valence-corrected chi connectivity index (χ3v) is 5.93. The van der Waals surface area contributed by atoms with Crippen LogP contribution in [-0.4, -0.2) is 36.0 Å². The molecule has 158 valence electrons. The molecular formula is C22H17ClN2O5S. The SMILES string of the molecule is COc1ccc(C2C(C(=O)c3ccc(Cl)cc3)=C(O)C(=O)N2c2nccs2)cc1OC. The first-order chi connectivity index (χ1) is 15.0. The number of aliphatic hydroxyl groups excluding tert-OH is 1. The van der Waals surface area contributed by atoms with Crippen LogP contribution in [0.5, 0.6) is 11.5 Å². The molecule has 1 atom stereocenters. The topological polar surface area (TPSA) is 89.0 Å². The average molecular weight is 457 g/mol. The summed E-state index contributed by atoms with van der Waals surface area (Å²) < 4.78 is 10.7. The summed E-state index contributed by atoms with van der Waals surface area (Å²) in [6.07, 6.45) is 1.55. The Labute approximate surface area is 187 Å². The Hall–Kier alpha value is -3.36. The van der Waals surface area contributed by atoms with Crippen molar-refractivity contribution in [3.63, 3.8) is 0 Å². The molecule has 1 aromatic heterocycles. The first kappa shape index (κ1) is 20.9. The highest BCUT2D eigenvalue weighted by Crippen LogP contribution is 2.44. The Morgan fingerprint density at radius 1 is 1.13 bits per heavy atom. The Morgan fingerprint density at radius 2 is 1.84 bits per heavy atom. The Balaban J connectivity index is 1.88. The second kappa shape index (κ2) is 8.41. The van der Waals surface area contributed by atoms with Crippen molar-refractivity contribution < 1.29 is 24.2 Å². The number of aliphatic hydroxyl groups is 1. The minimum atomic E-state index is -0.901. The lowest BCUT2D eigenvalue weighted by Crippen LogP contribution is -2.31. The maximum Gasteiger partial charge on any atom is 0.296 e. The number of halogens is 1. The van der Waals surface area contributed by atoms with Crippen molar-refractivity contribution in [1.29, 1.82) is 0 Å². The van der Waals surface area contributed by atoms with Crippen LogP contribution in [0.2, 0.25) is 5.02 Å². The molecule has 0 radical (unpaired) electrons. The number of benzene rings is 2. The fraction of sp³-hybridized carbons (Fsp3) is 0.136. The van der Waals surface area contributed by atoms with Gasteiger partial charge in [-0.15, -0.1) is 11.3 Å². The zero-order valence-corrected chi connectivity index (χ0v) is 18.1. The number of carbonyl (C=O) groups is 2. The van der Waals surface area contributed by atoms with Crippen LogP contribution in [0.4, 0.5) is 5.13 Å². The van der Waals surface area contributed by atoms with Gasteiger partial charge in [0.25, 0.3) is 5.91 Å². The molecule has 31 heavy (non-hydrogen) atoms. The van der Waals surface area contributed by atoms with Crippen LogP contribution in [0.25, 0.3) is 0 Å². The summed E-state index contributed by atoms with van der Waals surface area (Å²) in [5.41, 5.74) is 0.808. The van der Waals surface area contributed by atoms with Gasteiger partial charge in [-0.3, -0.25) is 14.5 Å². The summed E-state index contributed by atoms with van der Waals surface area (Å²) in [6.45, 7) is 0. The van der Waals surface area contributed by atoms with Crippen molar-refractivity contribution in [3.05, 3.63) is 81.5 Å². The highest BCUT2D eigenvalue weighted by Gasteiger charge is 2.45. The number of thiazole rings is 1. The molecule has 1 aliphatic rings. The van der Waals surface area contributed by atoms with Crippen molar-refractivity contribution in [2.75, 3.05) is 19.1 Å². The zero-order valence-electron chi connectivity index (χ0n) is 16.5. The van der Waals surface area contributed by atoms with Gasteiger partial charge in [0.05, 0.1) is 25.8 Å². The summed E-state index contributed by atoms with van der Waals surface area (Å²) in [4.78, 5) is 31.9. The molecule has 0 aliphatic carbocycles. The second-order valence-corrected chi connectivity index (χ2v) is 7.91. The van der Waals surface area contributed by atoms with Crippen LogP contribution < -0.4 is 14.4 Å². The fourth-order valence-corrected chi connectivity index (χ4v) is 4.26. The molecule has 0 bridgehead atoms. The van der Waals surface area contributed by atoms with Crippen LogP contribution in [0.3, 0.4) is 0 Å². The molecule has 2 aromatic carbocycles. The van der Waals surface area contributed by atoms with E-state index < -0.39 is 23.5 Å². The smallest absolute Gasteiger partial charge is 0.296 e. The number of hydrogen-bond acceptors (Lipinski definition) is 7. The van der Waals surface area contributed by atoms with Crippen LogP contribution in [0.1, 0.15) is 22.0 Å². The number of amides is 1. The predicted molar refractivity (Wildman–Crippen MR) is 117 cm³/mol. The molecule has 4 rings (SSSR count). The number of carbonyl (C=O) groups excluding carboxylic acids is 2. The molecule has 1 unspecified atom stereocenters. The molecule has 0 saturated carbocycles. The lowest BCUT2D eigenvalue weighted by Gasteiger charge is -2.25. The normalized spacial score (nSPS) is 16.0. The van der Waals surface area contributed by atoms with E-state index in [9.17, 15) is 14.7 Å². The molecule has 0 spiro atoms. The molecule has 7 nitrogen and oxygen atoms in total. The van der Waals surface area contributed by atoms with Crippen LogP contribution in [-0.2, 0) is 4.79 Å². The van der Waals surface area contributed by atoms with Gasteiger partial charge in [0, 0.05) is 22.2 Å². The van der Waals surface area contributed by atoms with E-state index in [1.165, 1.54) is 30.5 Å². The van der Waals surface area contributed by atoms with E-state index in [-0.39, 0.29) is 5.57 Å². The van der Waals surface area contributed by atoms with Gasteiger partial charge in [-0.2, -0.15) is 0 Å². The van der Waals surface area contributed by atoms with Gasteiger partial charge in [0.2, 0.25) is 0 Å². The number of nitrogens with zero attached hydrogens (tertiary/aromatic N) is 2. The number of ketones is 1. The van der Waals surface area contributed by atoms with Crippen LogP contribution in [0, 0.1) is 0 Å². The van der Waals surface area contributed by atoms with Gasteiger partial charge in [-0.05, 0) is 42.0 Å². The minimum absolute atomic E-state index is 0.0465. The molecule has 1 amide bonds. The summed E-state index contributed by atoms with van der Waals surface area (Å²) in [5, 5.41) is 13.3. The second-order valence-electron chi connectivity index (χ2n) is 6.61. The maximum atomic E-state index is 13.4. The summed E-state index contributed by atoms with van der Waals surface area (Å²) in [7, 11) is 3.01. The Bertz CT molecular complexity index is 1180. The van der Waals surface area contributed by atoms with E-state index in [1.807, 2.05) is 0 Å². The molecule has 0 fully saturated rings. The molecule has 1 N–H and O–H groups in total. The van der Waals surface area contributed by atoms with Crippen molar-refractivity contribution in [2.45, 2.75) is 6.04 Å².